The molecule has 0 saturated carbocycles. The number of nitrogens with zero attached hydrogens (tertiary/aromatic N) is 3. The Morgan fingerprint density at radius 3 is 2.22 bits per heavy atom. The lowest BCUT2D eigenvalue weighted by atomic mass is 9.85. The smallest absolute Gasteiger partial charge is 0.328 e. The van der Waals surface area contributed by atoms with E-state index in [0.717, 1.165) is 55.9 Å². The molecule has 11 heteroatoms. The van der Waals surface area contributed by atoms with Gasteiger partial charge >= 0.3 is 11.9 Å². The van der Waals surface area contributed by atoms with Crippen LogP contribution >= 0.6 is 11.3 Å². The predicted molar refractivity (Wildman–Crippen MR) is 156 cm³/mol. The molecule has 1 spiro atoms. The number of para-hydroxylation sites is 1. The largest absolute Gasteiger partial charge is 0.478 e. The van der Waals surface area contributed by atoms with Gasteiger partial charge in [0.2, 0.25) is 11.7 Å². The van der Waals surface area contributed by atoms with E-state index in [2.05, 4.69) is 58.2 Å². The van der Waals surface area contributed by atoms with Crippen molar-refractivity contribution in [1.29, 1.82) is 0 Å². The van der Waals surface area contributed by atoms with Crippen LogP contribution in [0.15, 0.2) is 72.7 Å². The van der Waals surface area contributed by atoms with Gasteiger partial charge in [-0.1, -0.05) is 30.3 Å². The maximum Gasteiger partial charge on any atom is 0.328 e. The number of carboxylic acids is 2. The summed E-state index contributed by atoms with van der Waals surface area (Å²) in [5, 5.41) is 17.7. The molecule has 3 fully saturated rings. The number of benzene rings is 1. The first-order chi connectivity index (χ1) is 19.8. The van der Waals surface area contributed by atoms with Gasteiger partial charge in [-0.3, -0.25) is 4.79 Å². The fraction of sp³-hybridized carbons (Fsp3) is 0.433. The van der Waals surface area contributed by atoms with Crippen LogP contribution in [0.25, 0.3) is 0 Å². The van der Waals surface area contributed by atoms with Gasteiger partial charge in [0.15, 0.2) is 0 Å². The number of thiophene rings is 1. The van der Waals surface area contributed by atoms with Gasteiger partial charge in [-0.2, -0.15) is 0 Å². The fourth-order valence-electron chi connectivity index (χ4n) is 5.68. The van der Waals surface area contributed by atoms with E-state index < -0.39 is 23.3 Å². The monoisotopic (exact) mass is 583 g/mol. The van der Waals surface area contributed by atoms with E-state index in [1.54, 1.807) is 11.3 Å². The molecule has 41 heavy (non-hydrogen) atoms. The second-order valence-electron chi connectivity index (χ2n) is 10.1. The first-order valence-electron chi connectivity index (χ1n) is 13.7. The van der Waals surface area contributed by atoms with Crippen molar-refractivity contribution < 1.29 is 34.1 Å². The minimum absolute atomic E-state index is 0.246. The first kappa shape index (κ1) is 30.4. The second-order valence-corrected chi connectivity index (χ2v) is 11.1. The summed E-state index contributed by atoms with van der Waals surface area (Å²) >= 11 is 1.70. The Morgan fingerprint density at radius 2 is 1.66 bits per heavy atom. The van der Waals surface area contributed by atoms with Crippen LogP contribution in [0.5, 0.6) is 0 Å². The number of amides is 1. The summed E-state index contributed by atoms with van der Waals surface area (Å²) in [7, 11) is 0. The number of hydrogen-bond donors (Lipinski definition) is 2. The van der Waals surface area contributed by atoms with Crippen molar-refractivity contribution in [3.05, 3.63) is 77.5 Å². The number of carbonyl (C=O) groups is 3. The van der Waals surface area contributed by atoms with Gasteiger partial charge in [0.25, 0.3) is 0 Å². The Balaban J connectivity index is 0.000000426. The van der Waals surface area contributed by atoms with E-state index in [-0.39, 0.29) is 5.91 Å². The van der Waals surface area contributed by atoms with Crippen molar-refractivity contribution in [2.24, 2.45) is 0 Å². The van der Waals surface area contributed by atoms with Gasteiger partial charge in [0.1, 0.15) is 5.54 Å². The topological polar surface area (TPSA) is 120 Å². The molecule has 4 heterocycles. The lowest BCUT2D eigenvalue weighted by Gasteiger charge is -2.43. The zero-order valence-corrected chi connectivity index (χ0v) is 23.8. The number of carbonyl (C=O) groups excluding carboxylic acids is 1. The highest BCUT2D eigenvalue weighted by molar-refractivity contribution is 7.10. The maximum atomic E-state index is 13.5. The zero-order chi connectivity index (χ0) is 29.3. The summed E-state index contributed by atoms with van der Waals surface area (Å²) in [5.74, 6) is -2.84. The summed E-state index contributed by atoms with van der Waals surface area (Å²) in [4.78, 5) is 40.5. The minimum atomic E-state index is -1.26. The Bertz CT molecular complexity index is 1190. The highest BCUT2D eigenvalue weighted by Crippen LogP contribution is 2.41. The Hall–Kier alpha value is -3.51. The van der Waals surface area contributed by atoms with Gasteiger partial charge in [-0.05, 0) is 49.4 Å². The average molecular weight is 584 g/mol. The van der Waals surface area contributed by atoms with E-state index in [1.807, 2.05) is 17.0 Å². The first-order valence-corrected chi connectivity index (χ1v) is 14.6. The van der Waals surface area contributed by atoms with Crippen LogP contribution in [0.3, 0.4) is 0 Å². The molecule has 3 aliphatic rings. The van der Waals surface area contributed by atoms with Crippen LogP contribution in [0.1, 0.15) is 30.6 Å². The molecule has 220 valence electrons. The lowest BCUT2D eigenvalue weighted by molar-refractivity contribution is -0.169. The number of carboxylic acid groups (broad SMARTS) is 2. The predicted octanol–water partition coefficient (Wildman–Crippen LogP) is 3.77. The van der Waals surface area contributed by atoms with Gasteiger partial charge < -0.3 is 34.4 Å². The van der Waals surface area contributed by atoms with E-state index >= 15 is 0 Å². The van der Waals surface area contributed by atoms with Crippen molar-refractivity contribution in [2.45, 2.75) is 37.0 Å². The van der Waals surface area contributed by atoms with Crippen molar-refractivity contribution in [2.75, 3.05) is 51.0 Å². The summed E-state index contributed by atoms with van der Waals surface area (Å²) in [6, 6.07) is 14.5. The Kier molecular flexibility index (Phi) is 10.3. The minimum Gasteiger partial charge on any atom is -0.478 e. The Morgan fingerprint density at radius 1 is 1.00 bits per heavy atom. The van der Waals surface area contributed by atoms with Gasteiger partial charge in [-0.15, -0.1) is 17.9 Å². The molecule has 2 aromatic rings. The van der Waals surface area contributed by atoms with Gasteiger partial charge in [0.05, 0.1) is 24.8 Å². The van der Waals surface area contributed by atoms with Crippen LogP contribution in [-0.4, -0.2) is 89.5 Å². The fourth-order valence-corrected chi connectivity index (χ4v) is 6.54. The third-order valence-electron chi connectivity index (χ3n) is 7.61. The number of hydrogen-bond acceptors (Lipinski definition) is 8. The van der Waals surface area contributed by atoms with E-state index in [9.17, 15) is 14.4 Å². The van der Waals surface area contributed by atoms with Crippen molar-refractivity contribution in [1.82, 2.24) is 9.80 Å². The van der Waals surface area contributed by atoms with Gasteiger partial charge in [-0.25, -0.2) is 9.59 Å². The molecule has 5 rings (SSSR count). The molecule has 0 aliphatic carbocycles. The normalized spacial score (nSPS) is 19.9. The lowest BCUT2D eigenvalue weighted by Crippen LogP contribution is -2.56. The van der Waals surface area contributed by atoms with Crippen molar-refractivity contribution in [3.8, 4) is 0 Å². The second kappa shape index (κ2) is 13.9. The third kappa shape index (κ3) is 7.23. The van der Waals surface area contributed by atoms with Crippen LogP contribution in [0.4, 0.5) is 5.69 Å². The van der Waals surface area contributed by atoms with Crippen LogP contribution in [0, 0.1) is 0 Å². The van der Waals surface area contributed by atoms with E-state index in [1.165, 1.54) is 0 Å². The number of ether oxygens (including phenoxy) is 2. The summed E-state index contributed by atoms with van der Waals surface area (Å²) < 4.78 is 12.1. The summed E-state index contributed by atoms with van der Waals surface area (Å²) in [5.41, 5.74) is 0.677. The van der Waals surface area contributed by atoms with E-state index in [0.29, 0.717) is 38.6 Å². The molecular weight excluding hydrogens is 546 g/mol. The summed E-state index contributed by atoms with van der Waals surface area (Å²) in [6.07, 6.45) is 6.49. The summed E-state index contributed by atoms with van der Waals surface area (Å²) in [6.45, 7) is 9.23. The molecule has 0 unspecified atom stereocenters. The average Bonchev–Trinajstić information content (AvgIpc) is 3.73. The Labute approximate surface area is 244 Å². The maximum absolute atomic E-state index is 13.5. The number of likely N-dealkylation sites (tertiary alicyclic amines) is 1. The SMILES string of the molecule is C=CCN1CN(c2ccccc2)C2(CCN(CCCC3(c4cccs4)OCCO3)CC2)C1=O.O=C(O)/C=C/C(=O)O. The molecule has 1 amide bonds. The quantitative estimate of drug-likeness (QED) is 0.318. The number of piperidine rings is 1. The molecule has 3 saturated heterocycles. The highest BCUT2D eigenvalue weighted by Gasteiger charge is 2.53. The number of rotatable bonds is 10. The molecule has 0 atom stereocenters. The third-order valence-corrected chi connectivity index (χ3v) is 8.61. The standard InChI is InChI=1S/C26H33N3O3S.C4H4O4/c1-2-14-28-21-29(22-8-4-3-5-9-22)25(24(28)30)12-16-27(17-13-25)15-7-11-26(31-18-19-32-26)23-10-6-20-33-23;5-3(6)1-2-4(7)8/h2-6,8-10,20H,1,7,11-19,21H2;1-2H,(H,5,6)(H,7,8)/b;2-1+. The molecular formula is C30H37N3O7S. The molecule has 2 N–H and O–H groups in total. The highest BCUT2D eigenvalue weighted by atomic mass is 32.1. The van der Waals surface area contributed by atoms with Crippen LogP contribution in [0.2, 0.25) is 0 Å². The molecule has 0 radical (unpaired) electrons. The molecule has 1 aromatic heterocycles. The molecule has 1 aromatic carbocycles. The zero-order valence-electron chi connectivity index (χ0n) is 23.0. The molecule has 3 aliphatic heterocycles. The number of aliphatic carboxylic acids is 2. The van der Waals surface area contributed by atoms with E-state index in [4.69, 9.17) is 19.7 Å². The van der Waals surface area contributed by atoms with Crippen LogP contribution < -0.4 is 4.90 Å². The van der Waals surface area contributed by atoms with Crippen LogP contribution in [-0.2, 0) is 29.6 Å². The van der Waals surface area contributed by atoms with Gasteiger partial charge in [0, 0.05) is 43.9 Å². The molecule has 10 nitrogen and oxygen atoms in total. The molecule has 0 bridgehead atoms. The number of anilines is 1. The van der Waals surface area contributed by atoms with Crippen molar-refractivity contribution in [3.63, 3.8) is 0 Å². The van der Waals surface area contributed by atoms with Crippen molar-refractivity contribution >= 4 is 34.9 Å².